The lowest BCUT2D eigenvalue weighted by molar-refractivity contribution is -0.138. The van der Waals surface area contributed by atoms with E-state index >= 15 is 0 Å². The summed E-state index contributed by atoms with van der Waals surface area (Å²) in [5, 5.41) is 3.28. The topological polar surface area (TPSA) is 73.7 Å². The number of hydrogen-bond acceptors (Lipinski definition) is 4. The van der Waals surface area contributed by atoms with Gasteiger partial charge in [0.2, 0.25) is 5.91 Å². The molecular weight excluding hydrogens is 354 g/mol. The Labute approximate surface area is 165 Å². The first-order valence-corrected chi connectivity index (χ1v) is 10.5. The predicted octanol–water partition coefficient (Wildman–Crippen LogP) is 2.50. The first-order valence-electron chi connectivity index (χ1n) is 10.5. The third kappa shape index (κ3) is 3.26. The number of likely N-dealkylation sites (tertiary alicyclic amines) is 1. The molecule has 0 bridgehead atoms. The van der Waals surface area contributed by atoms with Gasteiger partial charge in [0, 0.05) is 43.2 Å². The van der Waals surface area contributed by atoms with Gasteiger partial charge in [0.1, 0.15) is 0 Å². The number of hydrogen-bond donors (Lipinski definition) is 1. The minimum atomic E-state index is -0.0276. The van der Waals surface area contributed by atoms with Crippen LogP contribution in [0.15, 0.2) is 10.9 Å². The van der Waals surface area contributed by atoms with E-state index in [0.717, 1.165) is 62.3 Å². The van der Waals surface area contributed by atoms with Crippen LogP contribution in [0.1, 0.15) is 70.0 Å². The van der Waals surface area contributed by atoms with E-state index in [2.05, 4.69) is 23.8 Å². The third-order valence-corrected chi connectivity index (χ3v) is 6.18. The molecule has 2 aromatic heterocycles. The molecule has 2 aromatic rings. The van der Waals surface area contributed by atoms with Crippen molar-refractivity contribution >= 4 is 11.6 Å². The SMILES string of the molecule is CC(C)C(=O)N1CCCC[C@H]1c1cc2nc3c(c(=O)n2[nH]1)CCN(C(C)C)C3. The summed E-state index contributed by atoms with van der Waals surface area (Å²) in [6, 6.07) is 2.40. The Balaban J connectivity index is 1.73. The van der Waals surface area contributed by atoms with E-state index < -0.39 is 0 Å². The molecule has 2 aliphatic heterocycles. The van der Waals surface area contributed by atoms with Gasteiger partial charge >= 0.3 is 0 Å². The molecule has 0 saturated carbocycles. The molecule has 2 aliphatic rings. The Hall–Kier alpha value is -2.15. The van der Waals surface area contributed by atoms with Crippen molar-refractivity contribution in [2.45, 2.75) is 72.0 Å². The summed E-state index contributed by atoms with van der Waals surface area (Å²) in [5.74, 6) is 0.149. The Morgan fingerprint density at radius 2 is 2.00 bits per heavy atom. The Kier molecular flexibility index (Phi) is 5.04. The van der Waals surface area contributed by atoms with Crippen molar-refractivity contribution in [3.8, 4) is 0 Å². The van der Waals surface area contributed by atoms with Crippen LogP contribution in [0.25, 0.3) is 5.65 Å². The van der Waals surface area contributed by atoms with Gasteiger partial charge in [0.25, 0.3) is 5.56 Å². The number of nitrogens with zero attached hydrogens (tertiary/aromatic N) is 4. The lowest BCUT2D eigenvalue weighted by atomic mass is 9.97. The van der Waals surface area contributed by atoms with Gasteiger partial charge in [0.05, 0.1) is 17.4 Å². The molecule has 1 N–H and O–H groups in total. The summed E-state index contributed by atoms with van der Waals surface area (Å²) in [6.07, 6.45) is 3.77. The van der Waals surface area contributed by atoms with Crippen LogP contribution in [0.5, 0.6) is 0 Å². The second kappa shape index (κ2) is 7.35. The molecule has 4 heterocycles. The molecule has 152 valence electrons. The molecule has 7 heteroatoms. The normalized spacial score (nSPS) is 20.9. The van der Waals surface area contributed by atoms with Gasteiger partial charge in [-0.25, -0.2) is 9.50 Å². The number of piperidine rings is 1. The predicted molar refractivity (Wildman–Crippen MR) is 108 cm³/mol. The molecule has 0 aliphatic carbocycles. The molecule has 1 atom stereocenters. The maximum atomic E-state index is 13.1. The first kappa shape index (κ1) is 19.2. The van der Waals surface area contributed by atoms with Crippen LogP contribution in [0.3, 0.4) is 0 Å². The van der Waals surface area contributed by atoms with Crippen molar-refractivity contribution in [1.82, 2.24) is 24.4 Å². The minimum Gasteiger partial charge on any atom is -0.334 e. The molecular formula is C21H31N5O2. The molecule has 28 heavy (non-hydrogen) atoms. The van der Waals surface area contributed by atoms with E-state index in [1.807, 2.05) is 24.8 Å². The highest BCUT2D eigenvalue weighted by molar-refractivity contribution is 5.78. The number of carbonyl (C=O) groups excluding carboxylic acids is 1. The highest BCUT2D eigenvalue weighted by Gasteiger charge is 2.31. The standard InChI is InChI=1S/C21H31N5O2/c1-13(2)20(27)25-9-6-5-7-18(25)16-11-19-22-17-12-24(14(3)4)10-8-15(17)21(28)26(19)23-16/h11,13-14,18,23H,5-10,12H2,1-4H3/t18-/m0/s1. The average Bonchev–Trinajstić information content (AvgIpc) is 3.11. The number of amides is 1. The van der Waals surface area contributed by atoms with Crippen molar-refractivity contribution < 1.29 is 4.79 Å². The van der Waals surface area contributed by atoms with Gasteiger partial charge in [-0.1, -0.05) is 13.8 Å². The molecule has 0 unspecified atom stereocenters. The summed E-state index contributed by atoms with van der Waals surface area (Å²) in [6.45, 7) is 10.6. The lowest BCUT2D eigenvalue weighted by Crippen LogP contribution is -2.41. The zero-order valence-corrected chi connectivity index (χ0v) is 17.4. The number of aromatic nitrogens is 3. The Morgan fingerprint density at radius 3 is 2.71 bits per heavy atom. The van der Waals surface area contributed by atoms with Gasteiger partial charge in [-0.2, -0.15) is 0 Å². The van der Waals surface area contributed by atoms with Gasteiger partial charge in [-0.05, 0) is 39.5 Å². The van der Waals surface area contributed by atoms with E-state index in [9.17, 15) is 9.59 Å². The van der Waals surface area contributed by atoms with E-state index in [4.69, 9.17) is 4.98 Å². The molecule has 0 radical (unpaired) electrons. The molecule has 1 amide bonds. The molecule has 1 fully saturated rings. The van der Waals surface area contributed by atoms with Crippen LogP contribution >= 0.6 is 0 Å². The van der Waals surface area contributed by atoms with E-state index in [1.165, 1.54) is 0 Å². The largest absolute Gasteiger partial charge is 0.334 e. The number of fused-ring (bicyclic) bond motifs is 2. The summed E-state index contributed by atoms with van der Waals surface area (Å²) >= 11 is 0. The monoisotopic (exact) mass is 385 g/mol. The van der Waals surface area contributed by atoms with Gasteiger partial charge < -0.3 is 4.90 Å². The average molecular weight is 386 g/mol. The summed E-state index contributed by atoms with van der Waals surface area (Å²) in [7, 11) is 0. The van der Waals surface area contributed by atoms with Crippen LogP contribution in [-0.2, 0) is 17.8 Å². The number of H-pyrrole nitrogens is 1. The number of nitrogens with one attached hydrogen (secondary N) is 1. The van der Waals surface area contributed by atoms with Crippen molar-refractivity contribution in [2.75, 3.05) is 13.1 Å². The van der Waals surface area contributed by atoms with Crippen molar-refractivity contribution in [2.24, 2.45) is 5.92 Å². The van der Waals surface area contributed by atoms with Crippen molar-refractivity contribution in [3.05, 3.63) is 33.4 Å². The second-order valence-corrected chi connectivity index (χ2v) is 8.76. The fourth-order valence-corrected chi connectivity index (χ4v) is 4.49. The van der Waals surface area contributed by atoms with Crippen LogP contribution in [0.4, 0.5) is 0 Å². The number of carbonyl (C=O) groups is 1. The van der Waals surface area contributed by atoms with Crippen LogP contribution < -0.4 is 5.56 Å². The quantitative estimate of drug-likeness (QED) is 0.881. The molecule has 1 saturated heterocycles. The molecule has 0 spiro atoms. The highest BCUT2D eigenvalue weighted by atomic mass is 16.2. The van der Waals surface area contributed by atoms with Crippen LogP contribution in [0, 0.1) is 5.92 Å². The highest BCUT2D eigenvalue weighted by Crippen LogP contribution is 2.31. The molecule has 4 rings (SSSR count). The zero-order chi connectivity index (χ0) is 20.0. The van der Waals surface area contributed by atoms with Gasteiger partial charge in [-0.3, -0.25) is 19.6 Å². The van der Waals surface area contributed by atoms with Gasteiger partial charge in [0.15, 0.2) is 5.65 Å². The van der Waals surface area contributed by atoms with Crippen LogP contribution in [0.2, 0.25) is 0 Å². The van der Waals surface area contributed by atoms with Gasteiger partial charge in [-0.15, -0.1) is 0 Å². The maximum Gasteiger partial charge on any atom is 0.276 e. The maximum absolute atomic E-state index is 13.1. The fourth-order valence-electron chi connectivity index (χ4n) is 4.49. The second-order valence-electron chi connectivity index (χ2n) is 8.76. The van der Waals surface area contributed by atoms with E-state index in [0.29, 0.717) is 11.7 Å². The summed E-state index contributed by atoms with van der Waals surface area (Å²) < 4.78 is 1.58. The van der Waals surface area contributed by atoms with E-state index in [-0.39, 0.29) is 23.4 Å². The number of aromatic amines is 1. The van der Waals surface area contributed by atoms with Crippen molar-refractivity contribution in [1.29, 1.82) is 0 Å². The minimum absolute atomic E-state index is 0.00561. The van der Waals surface area contributed by atoms with Crippen LogP contribution in [-0.4, -0.2) is 49.4 Å². The fraction of sp³-hybridized carbons (Fsp3) is 0.667. The zero-order valence-electron chi connectivity index (χ0n) is 17.4. The smallest absolute Gasteiger partial charge is 0.276 e. The summed E-state index contributed by atoms with van der Waals surface area (Å²) in [4.78, 5) is 34.9. The molecule has 0 aromatic carbocycles. The molecule has 7 nitrogen and oxygen atoms in total. The lowest BCUT2D eigenvalue weighted by Gasteiger charge is -2.36. The Bertz CT molecular complexity index is 942. The first-order chi connectivity index (χ1) is 13.4. The summed E-state index contributed by atoms with van der Waals surface area (Å²) in [5.41, 5.74) is 3.30. The Morgan fingerprint density at radius 1 is 1.21 bits per heavy atom. The third-order valence-electron chi connectivity index (χ3n) is 6.18. The van der Waals surface area contributed by atoms with E-state index in [1.54, 1.807) is 4.52 Å². The van der Waals surface area contributed by atoms with Crippen molar-refractivity contribution in [3.63, 3.8) is 0 Å². The number of rotatable bonds is 3.